The normalized spacial score (nSPS) is 14.1. The third kappa shape index (κ3) is 3.32. The zero-order valence-electron chi connectivity index (χ0n) is 9.70. The molecule has 0 saturated carbocycles. The Bertz CT molecular complexity index is 370. The molecule has 0 aliphatic rings. The summed E-state index contributed by atoms with van der Waals surface area (Å²) in [5, 5.41) is 11.9. The molecule has 1 aromatic carbocycles. The minimum atomic E-state index is -0.200. The van der Waals surface area contributed by atoms with Gasteiger partial charge in [0.1, 0.15) is 5.82 Å². The first kappa shape index (κ1) is 12.7. The van der Waals surface area contributed by atoms with E-state index in [0.717, 1.165) is 6.42 Å². The lowest BCUT2D eigenvalue weighted by atomic mass is 10.1. The van der Waals surface area contributed by atoms with Gasteiger partial charge in [-0.3, -0.25) is 0 Å². The number of hydrogen-bond acceptors (Lipinski definition) is 2. The van der Waals surface area contributed by atoms with Crippen LogP contribution in [0.5, 0.6) is 0 Å². The van der Waals surface area contributed by atoms with E-state index < -0.39 is 0 Å². The molecule has 1 N–H and O–H groups in total. The molecule has 0 fully saturated rings. The van der Waals surface area contributed by atoms with Crippen LogP contribution in [0.15, 0.2) is 24.3 Å². The van der Waals surface area contributed by atoms with E-state index in [-0.39, 0.29) is 17.9 Å². The van der Waals surface area contributed by atoms with Crippen LogP contribution < -0.4 is 5.32 Å². The molecule has 2 nitrogen and oxygen atoms in total. The van der Waals surface area contributed by atoms with E-state index in [1.165, 1.54) is 6.07 Å². The van der Waals surface area contributed by atoms with Gasteiger partial charge in [-0.2, -0.15) is 5.26 Å². The third-order valence-corrected chi connectivity index (χ3v) is 2.69. The molecule has 0 radical (unpaired) electrons. The molecule has 0 aliphatic heterocycles. The minimum absolute atomic E-state index is 0.0699. The molecule has 2 atom stereocenters. The predicted molar refractivity (Wildman–Crippen MR) is 62.3 cm³/mol. The van der Waals surface area contributed by atoms with Gasteiger partial charge in [0.05, 0.1) is 12.5 Å². The Hall–Kier alpha value is -1.40. The van der Waals surface area contributed by atoms with Gasteiger partial charge in [-0.1, -0.05) is 25.1 Å². The number of nitrogens with zero attached hydrogens (tertiary/aromatic N) is 1. The summed E-state index contributed by atoms with van der Waals surface area (Å²) < 4.78 is 13.5. The molecule has 1 aromatic rings. The standard InChI is InChI=1S/C13H17FN2/c1-3-11(8-9-15)16-10(2)12-6-4-5-7-13(12)14/h4-7,10-11,16H,3,8H2,1-2H3/t10-,11?/m1/s1. The Balaban J connectivity index is 2.68. The molecule has 3 heteroatoms. The largest absolute Gasteiger partial charge is 0.306 e. The van der Waals surface area contributed by atoms with Crippen molar-refractivity contribution in [1.29, 1.82) is 5.26 Å². The average Bonchev–Trinajstić information content (AvgIpc) is 2.28. The van der Waals surface area contributed by atoms with Gasteiger partial charge in [0.25, 0.3) is 0 Å². The third-order valence-electron chi connectivity index (χ3n) is 2.69. The van der Waals surface area contributed by atoms with Gasteiger partial charge < -0.3 is 5.32 Å². The van der Waals surface area contributed by atoms with Gasteiger partial charge in [0, 0.05) is 17.6 Å². The summed E-state index contributed by atoms with van der Waals surface area (Å²) in [6, 6.07) is 8.92. The van der Waals surface area contributed by atoms with Crippen molar-refractivity contribution in [3.05, 3.63) is 35.6 Å². The Morgan fingerprint density at radius 2 is 2.12 bits per heavy atom. The number of benzene rings is 1. The van der Waals surface area contributed by atoms with Gasteiger partial charge in [0.2, 0.25) is 0 Å². The molecule has 16 heavy (non-hydrogen) atoms. The van der Waals surface area contributed by atoms with Crippen molar-refractivity contribution >= 4 is 0 Å². The molecule has 1 unspecified atom stereocenters. The molecule has 86 valence electrons. The number of nitriles is 1. The van der Waals surface area contributed by atoms with Crippen LogP contribution in [0.1, 0.15) is 38.3 Å². The van der Waals surface area contributed by atoms with Gasteiger partial charge in [-0.25, -0.2) is 4.39 Å². The summed E-state index contributed by atoms with van der Waals surface area (Å²) in [4.78, 5) is 0. The van der Waals surface area contributed by atoms with Crippen molar-refractivity contribution in [3.8, 4) is 6.07 Å². The van der Waals surface area contributed by atoms with Crippen molar-refractivity contribution in [2.75, 3.05) is 0 Å². The second-order valence-electron chi connectivity index (χ2n) is 3.88. The summed E-state index contributed by atoms with van der Waals surface area (Å²) in [6.07, 6.45) is 1.32. The minimum Gasteiger partial charge on any atom is -0.306 e. The van der Waals surface area contributed by atoms with Gasteiger partial charge >= 0.3 is 0 Å². The van der Waals surface area contributed by atoms with E-state index >= 15 is 0 Å². The lowest BCUT2D eigenvalue weighted by Gasteiger charge is -2.20. The van der Waals surface area contributed by atoms with Crippen LogP contribution in [0.3, 0.4) is 0 Å². The van der Waals surface area contributed by atoms with E-state index in [1.54, 1.807) is 12.1 Å². The fourth-order valence-corrected chi connectivity index (χ4v) is 1.70. The molecule has 0 aromatic heterocycles. The molecular weight excluding hydrogens is 203 g/mol. The molecule has 1 rings (SSSR count). The number of halogens is 1. The van der Waals surface area contributed by atoms with E-state index in [2.05, 4.69) is 11.4 Å². The first-order valence-corrected chi connectivity index (χ1v) is 5.56. The smallest absolute Gasteiger partial charge is 0.127 e. The van der Waals surface area contributed by atoms with Crippen molar-refractivity contribution in [2.24, 2.45) is 0 Å². The molecule has 0 amide bonds. The van der Waals surface area contributed by atoms with Crippen LogP contribution in [0, 0.1) is 17.1 Å². The first-order valence-electron chi connectivity index (χ1n) is 5.56. The molecule has 0 heterocycles. The lowest BCUT2D eigenvalue weighted by Crippen LogP contribution is -2.31. The summed E-state index contributed by atoms with van der Waals surface area (Å²) in [6.45, 7) is 3.93. The van der Waals surface area contributed by atoms with E-state index in [0.29, 0.717) is 12.0 Å². The molecule has 0 bridgehead atoms. The van der Waals surface area contributed by atoms with Gasteiger partial charge in [0.15, 0.2) is 0 Å². The van der Waals surface area contributed by atoms with E-state index in [9.17, 15) is 4.39 Å². The highest BCUT2D eigenvalue weighted by Crippen LogP contribution is 2.17. The summed E-state index contributed by atoms with van der Waals surface area (Å²) in [5.74, 6) is -0.200. The molecule has 0 spiro atoms. The van der Waals surface area contributed by atoms with Crippen molar-refractivity contribution in [3.63, 3.8) is 0 Å². The summed E-state index contributed by atoms with van der Waals surface area (Å²) >= 11 is 0. The van der Waals surface area contributed by atoms with Crippen LogP contribution in [-0.4, -0.2) is 6.04 Å². The monoisotopic (exact) mass is 220 g/mol. The van der Waals surface area contributed by atoms with Crippen molar-refractivity contribution in [2.45, 2.75) is 38.8 Å². The fraction of sp³-hybridized carbons (Fsp3) is 0.462. The predicted octanol–water partition coefficient (Wildman–Crippen LogP) is 3.17. The maximum absolute atomic E-state index is 13.5. The Labute approximate surface area is 96.1 Å². The zero-order chi connectivity index (χ0) is 12.0. The van der Waals surface area contributed by atoms with Crippen LogP contribution in [0.25, 0.3) is 0 Å². The van der Waals surface area contributed by atoms with Crippen molar-refractivity contribution < 1.29 is 4.39 Å². The number of rotatable bonds is 5. The number of hydrogen-bond donors (Lipinski definition) is 1. The van der Waals surface area contributed by atoms with E-state index in [4.69, 9.17) is 5.26 Å². The SMILES string of the molecule is CCC(CC#N)N[C@H](C)c1ccccc1F. The number of nitrogens with one attached hydrogen (secondary N) is 1. The lowest BCUT2D eigenvalue weighted by molar-refractivity contribution is 0.436. The Kier molecular flexibility index (Phi) is 4.94. The molecular formula is C13H17FN2. The van der Waals surface area contributed by atoms with Crippen LogP contribution in [0.4, 0.5) is 4.39 Å². The molecule has 0 saturated heterocycles. The Morgan fingerprint density at radius 3 is 2.69 bits per heavy atom. The fourth-order valence-electron chi connectivity index (χ4n) is 1.70. The second kappa shape index (κ2) is 6.24. The maximum Gasteiger partial charge on any atom is 0.127 e. The van der Waals surface area contributed by atoms with Crippen molar-refractivity contribution in [1.82, 2.24) is 5.32 Å². The first-order chi connectivity index (χ1) is 7.69. The maximum atomic E-state index is 13.5. The summed E-state index contributed by atoms with van der Waals surface area (Å²) in [5.41, 5.74) is 0.652. The summed E-state index contributed by atoms with van der Waals surface area (Å²) in [7, 11) is 0. The van der Waals surface area contributed by atoms with Gasteiger partial charge in [-0.15, -0.1) is 0 Å². The highest BCUT2D eigenvalue weighted by molar-refractivity contribution is 5.20. The van der Waals surface area contributed by atoms with Crippen LogP contribution in [-0.2, 0) is 0 Å². The second-order valence-corrected chi connectivity index (χ2v) is 3.88. The quantitative estimate of drug-likeness (QED) is 0.827. The topological polar surface area (TPSA) is 35.8 Å². The highest BCUT2D eigenvalue weighted by atomic mass is 19.1. The molecule has 0 aliphatic carbocycles. The van der Waals surface area contributed by atoms with Gasteiger partial charge in [-0.05, 0) is 19.4 Å². The Morgan fingerprint density at radius 1 is 1.44 bits per heavy atom. The average molecular weight is 220 g/mol. The van der Waals surface area contributed by atoms with Crippen LogP contribution >= 0.6 is 0 Å². The van der Waals surface area contributed by atoms with E-state index in [1.807, 2.05) is 19.9 Å². The van der Waals surface area contributed by atoms with Crippen LogP contribution in [0.2, 0.25) is 0 Å². The highest BCUT2D eigenvalue weighted by Gasteiger charge is 2.14. The zero-order valence-corrected chi connectivity index (χ0v) is 9.70.